The summed E-state index contributed by atoms with van der Waals surface area (Å²) in [7, 11) is 0. The maximum atomic E-state index is 12.0. The molecule has 0 bridgehead atoms. The third kappa shape index (κ3) is 4.90. The molecule has 1 rings (SSSR count). The van der Waals surface area contributed by atoms with E-state index in [1.54, 1.807) is 31.2 Å². The molecule has 0 aliphatic rings. The van der Waals surface area contributed by atoms with Crippen LogP contribution in [0.15, 0.2) is 24.3 Å². The lowest BCUT2D eigenvalue weighted by atomic mass is 10.1. The van der Waals surface area contributed by atoms with E-state index < -0.39 is 6.10 Å². The van der Waals surface area contributed by atoms with Gasteiger partial charge in [-0.25, -0.2) is 0 Å². The number of hydrogen-bond acceptors (Lipinski definition) is 4. The van der Waals surface area contributed by atoms with Crippen LogP contribution in [0, 0.1) is 11.3 Å². The summed E-state index contributed by atoms with van der Waals surface area (Å²) in [5.41, 5.74) is 0.488. The maximum absolute atomic E-state index is 12.0. The van der Waals surface area contributed by atoms with Gasteiger partial charge < -0.3 is 15.2 Å². The van der Waals surface area contributed by atoms with Crippen molar-refractivity contribution >= 4 is 5.91 Å². The van der Waals surface area contributed by atoms with E-state index in [-0.39, 0.29) is 18.6 Å². The van der Waals surface area contributed by atoms with Crippen LogP contribution < -0.4 is 10.1 Å². The van der Waals surface area contributed by atoms with Crippen molar-refractivity contribution < 1.29 is 14.6 Å². The zero-order valence-corrected chi connectivity index (χ0v) is 11.8. The van der Waals surface area contributed by atoms with Crippen molar-refractivity contribution in [2.24, 2.45) is 0 Å². The summed E-state index contributed by atoms with van der Waals surface area (Å²) in [6, 6.07) is 8.64. The van der Waals surface area contributed by atoms with E-state index in [9.17, 15) is 4.79 Å². The number of carbonyl (C=O) groups is 1. The molecule has 108 valence electrons. The monoisotopic (exact) mass is 276 g/mol. The fourth-order valence-corrected chi connectivity index (χ4v) is 1.75. The molecule has 1 aromatic carbocycles. The fraction of sp³-hybridized carbons (Fsp3) is 0.467. The number of ether oxygens (including phenoxy) is 1. The molecule has 2 atom stereocenters. The molecule has 0 spiro atoms. The van der Waals surface area contributed by atoms with Gasteiger partial charge in [0, 0.05) is 12.6 Å². The Balaban J connectivity index is 2.58. The van der Waals surface area contributed by atoms with E-state index in [1.807, 2.05) is 13.0 Å². The third-order valence-electron chi connectivity index (χ3n) is 2.96. The van der Waals surface area contributed by atoms with Crippen LogP contribution in [0.2, 0.25) is 0 Å². The number of hydrogen-bond donors (Lipinski definition) is 2. The number of nitrogens with zero attached hydrogens (tertiary/aromatic N) is 1. The van der Waals surface area contributed by atoms with Crippen LogP contribution in [0.3, 0.4) is 0 Å². The standard InChI is InChI=1S/C15H20N2O3/c1-3-13(7-8-18)17-15(19)11(2)20-14-6-4-5-12(9-14)10-16/h4-6,9,11,13,18H,3,7-8H2,1-2H3,(H,17,19). The van der Waals surface area contributed by atoms with Crippen molar-refractivity contribution in [3.05, 3.63) is 29.8 Å². The van der Waals surface area contributed by atoms with Crippen LogP contribution in [0.4, 0.5) is 0 Å². The Hall–Kier alpha value is -2.06. The third-order valence-corrected chi connectivity index (χ3v) is 2.96. The Morgan fingerprint density at radius 2 is 2.30 bits per heavy atom. The van der Waals surface area contributed by atoms with Crippen LogP contribution >= 0.6 is 0 Å². The lowest BCUT2D eigenvalue weighted by Crippen LogP contribution is -2.42. The van der Waals surface area contributed by atoms with Gasteiger partial charge in [-0.2, -0.15) is 5.26 Å². The molecule has 0 saturated carbocycles. The number of benzene rings is 1. The minimum atomic E-state index is -0.656. The molecular formula is C15H20N2O3. The number of rotatable bonds is 7. The largest absolute Gasteiger partial charge is 0.481 e. The summed E-state index contributed by atoms with van der Waals surface area (Å²) < 4.78 is 5.52. The first kappa shape index (κ1) is 16.0. The molecule has 0 aromatic heterocycles. The summed E-state index contributed by atoms with van der Waals surface area (Å²) in [6.45, 7) is 3.64. The van der Waals surface area contributed by atoms with Gasteiger partial charge in [-0.05, 0) is 38.0 Å². The van der Waals surface area contributed by atoms with Gasteiger partial charge in [0.2, 0.25) is 0 Å². The van der Waals surface area contributed by atoms with Crippen LogP contribution in [-0.2, 0) is 4.79 Å². The number of nitrogens with one attached hydrogen (secondary N) is 1. The molecule has 5 nitrogen and oxygen atoms in total. The second kappa shape index (κ2) is 8.18. The molecule has 1 amide bonds. The summed E-state index contributed by atoms with van der Waals surface area (Å²) in [6.07, 6.45) is 0.624. The summed E-state index contributed by atoms with van der Waals surface area (Å²) >= 11 is 0. The zero-order valence-electron chi connectivity index (χ0n) is 11.8. The fourth-order valence-electron chi connectivity index (χ4n) is 1.75. The number of aliphatic hydroxyl groups excluding tert-OH is 1. The van der Waals surface area contributed by atoms with Crippen LogP contribution in [-0.4, -0.2) is 29.8 Å². The smallest absolute Gasteiger partial charge is 0.260 e. The highest BCUT2D eigenvalue weighted by Crippen LogP contribution is 2.14. The second-order valence-electron chi connectivity index (χ2n) is 4.53. The molecule has 0 aliphatic carbocycles. The molecular weight excluding hydrogens is 256 g/mol. The molecule has 0 heterocycles. The molecule has 20 heavy (non-hydrogen) atoms. The van der Waals surface area contributed by atoms with Crippen LogP contribution in [0.5, 0.6) is 5.75 Å². The Kier molecular flexibility index (Phi) is 6.54. The molecule has 1 aromatic rings. The highest BCUT2D eigenvalue weighted by Gasteiger charge is 2.18. The molecule has 0 radical (unpaired) electrons. The normalized spacial score (nSPS) is 13.1. The Morgan fingerprint density at radius 3 is 2.90 bits per heavy atom. The molecule has 5 heteroatoms. The molecule has 0 aliphatic heterocycles. The van der Waals surface area contributed by atoms with Crippen molar-refractivity contribution in [1.82, 2.24) is 5.32 Å². The van der Waals surface area contributed by atoms with Gasteiger partial charge in [-0.3, -0.25) is 4.79 Å². The van der Waals surface area contributed by atoms with Crippen molar-refractivity contribution in [3.63, 3.8) is 0 Å². The van der Waals surface area contributed by atoms with Gasteiger partial charge in [-0.15, -0.1) is 0 Å². The highest BCUT2D eigenvalue weighted by atomic mass is 16.5. The number of nitriles is 1. The number of amides is 1. The van der Waals surface area contributed by atoms with Crippen molar-refractivity contribution in [2.75, 3.05) is 6.61 Å². The first-order valence-electron chi connectivity index (χ1n) is 6.68. The Morgan fingerprint density at radius 1 is 1.55 bits per heavy atom. The quantitative estimate of drug-likeness (QED) is 0.792. The topological polar surface area (TPSA) is 82.3 Å². The minimum Gasteiger partial charge on any atom is -0.481 e. The molecule has 0 fully saturated rings. The Labute approximate surface area is 119 Å². The second-order valence-corrected chi connectivity index (χ2v) is 4.53. The van der Waals surface area contributed by atoms with E-state index >= 15 is 0 Å². The summed E-state index contributed by atoms with van der Waals surface area (Å²) in [5.74, 6) is 0.259. The number of aliphatic hydroxyl groups is 1. The first-order chi connectivity index (χ1) is 9.60. The van der Waals surface area contributed by atoms with E-state index in [0.29, 0.717) is 17.7 Å². The molecule has 2 N–H and O–H groups in total. The predicted molar refractivity (Wildman–Crippen MR) is 75.2 cm³/mol. The SMILES string of the molecule is CCC(CCO)NC(=O)C(C)Oc1cccc(C#N)c1. The summed E-state index contributed by atoms with van der Waals surface area (Å²) in [4.78, 5) is 12.0. The van der Waals surface area contributed by atoms with Crippen molar-refractivity contribution in [3.8, 4) is 11.8 Å². The van der Waals surface area contributed by atoms with E-state index in [2.05, 4.69) is 5.32 Å². The average molecular weight is 276 g/mol. The van der Waals surface area contributed by atoms with Crippen molar-refractivity contribution in [2.45, 2.75) is 38.8 Å². The molecule has 2 unspecified atom stereocenters. The van der Waals surface area contributed by atoms with Gasteiger partial charge >= 0.3 is 0 Å². The summed E-state index contributed by atoms with van der Waals surface area (Å²) in [5, 5.41) is 20.5. The van der Waals surface area contributed by atoms with E-state index in [0.717, 1.165) is 6.42 Å². The van der Waals surface area contributed by atoms with Crippen molar-refractivity contribution in [1.29, 1.82) is 5.26 Å². The Bertz CT molecular complexity index is 482. The van der Waals surface area contributed by atoms with E-state index in [4.69, 9.17) is 15.1 Å². The number of carbonyl (C=O) groups excluding carboxylic acids is 1. The average Bonchev–Trinajstić information content (AvgIpc) is 2.46. The van der Waals surface area contributed by atoms with Gasteiger partial charge in [0.1, 0.15) is 5.75 Å². The van der Waals surface area contributed by atoms with Crippen LogP contribution in [0.1, 0.15) is 32.3 Å². The van der Waals surface area contributed by atoms with Gasteiger partial charge in [0.25, 0.3) is 5.91 Å². The highest BCUT2D eigenvalue weighted by molar-refractivity contribution is 5.81. The first-order valence-corrected chi connectivity index (χ1v) is 6.68. The van der Waals surface area contributed by atoms with Gasteiger partial charge in [0.05, 0.1) is 11.6 Å². The van der Waals surface area contributed by atoms with Crippen LogP contribution in [0.25, 0.3) is 0 Å². The van der Waals surface area contributed by atoms with Gasteiger partial charge in [0.15, 0.2) is 6.10 Å². The molecule has 0 saturated heterocycles. The van der Waals surface area contributed by atoms with E-state index in [1.165, 1.54) is 0 Å². The van der Waals surface area contributed by atoms with Gasteiger partial charge in [-0.1, -0.05) is 13.0 Å². The zero-order chi connectivity index (χ0) is 15.0. The lowest BCUT2D eigenvalue weighted by Gasteiger charge is -2.20. The maximum Gasteiger partial charge on any atom is 0.260 e. The predicted octanol–water partition coefficient (Wildman–Crippen LogP) is 1.60. The minimum absolute atomic E-state index is 0.0399. The lowest BCUT2D eigenvalue weighted by molar-refractivity contribution is -0.128.